The van der Waals surface area contributed by atoms with Crippen molar-refractivity contribution in [2.75, 3.05) is 6.61 Å². The third-order valence-corrected chi connectivity index (χ3v) is 4.95. The number of carbonyl (C=O) groups is 1. The molecule has 4 aromatic rings. The summed E-state index contributed by atoms with van der Waals surface area (Å²) in [6.07, 6.45) is 0.527. The zero-order valence-corrected chi connectivity index (χ0v) is 16.4. The number of nitrogens with one attached hydrogen (secondary N) is 1. The van der Waals surface area contributed by atoms with Gasteiger partial charge in [0.25, 0.3) is 0 Å². The fourth-order valence-corrected chi connectivity index (χ4v) is 3.61. The molecule has 0 radical (unpaired) electrons. The molecule has 5 heteroatoms. The quantitative estimate of drug-likeness (QED) is 0.476. The molecule has 0 unspecified atom stereocenters. The van der Waals surface area contributed by atoms with Gasteiger partial charge in [0.1, 0.15) is 11.4 Å². The van der Waals surface area contributed by atoms with Gasteiger partial charge in [-0.2, -0.15) is 0 Å². The van der Waals surface area contributed by atoms with Crippen molar-refractivity contribution in [3.05, 3.63) is 83.2 Å². The van der Waals surface area contributed by atoms with Gasteiger partial charge in [-0.05, 0) is 48.7 Å². The van der Waals surface area contributed by atoms with Crippen LogP contribution in [0.2, 0.25) is 0 Å². The lowest BCUT2D eigenvalue weighted by Gasteiger charge is -2.08. The van der Waals surface area contributed by atoms with E-state index in [1.54, 1.807) is 6.07 Å². The summed E-state index contributed by atoms with van der Waals surface area (Å²) < 4.78 is 5.76. The van der Waals surface area contributed by atoms with Crippen LogP contribution in [0.3, 0.4) is 0 Å². The topological polar surface area (TPSA) is 75.2 Å². The summed E-state index contributed by atoms with van der Waals surface area (Å²) in [5.74, 6) is -0.162. The minimum atomic E-state index is -1.02. The number of hydrogen-bond donors (Lipinski definition) is 2. The van der Waals surface area contributed by atoms with Crippen LogP contribution in [0.1, 0.15) is 34.2 Å². The molecule has 0 aliphatic carbocycles. The number of nitrogens with zero attached hydrogens (tertiary/aromatic N) is 1. The average molecular weight is 386 g/mol. The second-order valence-corrected chi connectivity index (χ2v) is 6.94. The summed E-state index contributed by atoms with van der Waals surface area (Å²) in [4.78, 5) is 19.2. The Balaban J connectivity index is 1.89. The Morgan fingerprint density at radius 2 is 1.90 bits per heavy atom. The van der Waals surface area contributed by atoms with E-state index in [1.807, 2.05) is 44.2 Å². The molecule has 146 valence electrons. The Labute approximate surface area is 169 Å². The van der Waals surface area contributed by atoms with Crippen molar-refractivity contribution in [2.45, 2.75) is 20.3 Å². The predicted octanol–water partition coefficient (Wildman–Crippen LogP) is 5.23. The molecular formula is C24H22N2O3. The Morgan fingerprint density at radius 3 is 2.62 bits per heavy atom. The van der Waals surface area contributed by atoms with Crippen LogP contribution in [0.15, 0.2) is 60.7 Å². The summed E-state index contributed by atoms with van der Waals surface area (Å²) in [5, 5.41) is 10.4. The molecule has 0 bridgehead atoms. The van der Waals surface area contributed by atoms with Crippen LogP contribution in [0, 0.1) is 6.92 Å². The van der Waals surface area contributed by atoms with Gasteiger partial charge in [0.2, 0.25) is 0 Å². The first-order valence-electron chi connectivity index (χ1n) is 9.59. The van der Waals surface area contributed by atoms with E-state index < -0.39 is 5.97 Å². The van der Waals surface area contributed by atoms with Crippen molar-refractivity contribution in [1.29, 1.82) is 0 Å². The number of hydrogen-bond acceptors (Lipinski definition) is 3. The highest BCUT2D eigenvalue weighted by atomic mass is 16.5. The molecule has 0 saturated heterocycles. The van der Waals surface area contributed by atoms with Gasteiger partial charge in [-0.25, -0.2) is 9.78 Å². The van der Waals surface area contributed by atoms with Gasteiger partial charge >= 0.3 is 5.97 Å². The molecule has 0 amide bonds. The fourth-order valence-electron chi connectivity index (χ4n) is 3.61. The number of ether oxygens (including phenoxy) is 1. The Kier molecular flexibility index (Phi) is 5.04. The standard InChI is InChI=1S/C24H22N2O3/c1-3-29-22-14-21-18(12-15(22)2)19(23(26-21)16-8-5-4-6-9-16)13-17-10-7-11-20(25-17)24(27)28/h4-12,14,26H,3,13H2,1-2H3,(H,27,28). The molecule has 0 saturated carbocycles. The third-order valence-electron chi connectivity index (χ3n) is 4.95. The van der Waals surface area contributed by atoms with Crippen LogP contribution in [0.4, 0.5) is 0 Å². The van der Waals surface area contributed by atoms with E-state index in [2.05, 4.69) is 28.2 Å². The maximum Gasteiger partial charge on any atom is 0.354 e. The number of aromatic amines is 1. The van der Waals surface area contributed by atoms with Gasteiger partial charge in [0.15, 0.2) is 0 Å². The summed E-state index contributed by atoms with van der Waals surface area (Å²) in [6.45, 7) is 4.62. The number of aromatic nitrogens is 2. The molecule has 0 atom stereocenters. The van der Waals surface area contributed by atoms with E-state index >= 15 is 0 Å². The van der Waals surface area contributed by atoms with Crippen molar-refractivity contribution < 1.29 is 14.6 Å². The molecule has 4 rings (SSSR count). The molecule has 2 aromatic heterocycles. The lowest BCUT2D eigenvalue weighted by atomic mass is 9.99. The normalized spacial score (nSPS) is 11.0. The lowest BCUT2D eigenvalue weighted by Crippen LogP contribution is -2.03. The number of aromatic carboxylic acids is 1. The van der Waals surface area contributed by atoms with Crippen molar-refractivity contribution in [2.24, 2.45) is 0 Å². The van der Waals surface area contributed by atoms with Crippen LogP contribution in [0.5, 0.6) is 5.75 Å². The number of carboxylic acids is 1. The summed E-state index contributed by atoms with van der Waals surface area (Å²) in [6, 6.07) is 19.4. The van der Waals surface area contributed by atoms with Gasteiger partial charge < -0.3 is 14.8 Å². The third kappa shape index (κ3) is 3.72. The number of H-pyrrole nitrogens is 1. The van der Waals surface area contributed by atoms with E-state index in [-0.39, 0.29) is 5.69 Å². The van der Waals surface area contributed by atoms with Crippen LogP contribution < -0.4 is 4.74 Å². The number of rotatable bonds is 6. The minimum absolute atomic E-state index is 0.0541. The zero-order chi connectivity index (χ0) is 20.4. The Bertz CT molecular complexity index is 1180. The first-order chi connectivity index (χ1) is 14.1. The minimum Gasteiger partial charge on any atom is -0.494 e. The van der Waals surface area contributed by atoms with E-state index in [9.17, 15) is 9.90 Å². The monoisotopic (exact) mass is 386 g/mol. The highest BCUT2D eigenvalue weighted by Crippen LogP contribution is 2.35. The Hall–Kier alpha value is -3.60. The van der Waals surface area contributed by atoms with Gasteiger partial charge in [-0.15, -0.1) is 0 Å². The van der Waals surface area contributed by atoms with Gasteiger partial charge in [-0.1, -0.05) is 36.4 Å². The van der Waals surface area contributed by atoms with Crippen LogP contribution in [-0.4, -0.2) is 27.7 Å². The van der Waals surface area contributed by atoms with Gasteiger partial charge in [0, 0.05) is 29.1 Å². The lowest BCUT2D eigenvalue weighted by molar-refractivity contribution is 0.0690. The highest BCUT2D eigenvalue weighted by molar-refractivity contribution is 5.92. The number of pyridine rings is 1. The maximum absolute atomic E-state index is 11.3. The van der Waals surface area contributed by atoms with Gasteiger partial charge in [-0.3, -0.25) is 0 Å². The second kappa shape index (κ2) is 7.80. The van der Waals surface area contributed by atoms with E-state index in [4.69, 9.17) is 4.74 Å². The molecule has 29 heavy (non-hydrogen) atoms. The second-order valence-electron chi connectivity index (χ2n) is 6.94. The zero-order valence-electron chi connectivity index (χ0n) is 16.4. The first kappa shape index (κ1) is 18.7. The van der Waals surface area contributed by atoms with Crippen molar-refractivity contribution >= 4 is 16.9 Å². The molecule has 0 spiro atoms. The van der Waals surface area contributed by atoms with E-state index in [1.165, 1.54) is 6.07 Å². The van der Waals surface area contributed by atoms with Gasteiger partial charge in [0.05, 0.1) is 12.3 Å². The van der Waals surface area contributed by atoms with Crippen molar-refractivity contribution in [3.8, 4) is 17.0 Å². The summed E-state index contributed by atoms with van der Waals surface area (Å²) >= 11 is 0. The van der Waals surface area contributed by atoms with Crippen molar-refractivity contribution in [1.82, 2.24) is 9.97 Å². The molecule has 5 nitrogen and oxygen atoms in total. The summed E-state index contributed by atoms with van der Waals surface area (Å²) in [5.41, 5.74) is 5.99. The highest BCUT2D eigenvalue weighted by Gasteiger charge is 2.17. The first-order valence-corrected chi connectivity index (χ1v) is 9.59. The van der Waals surface area contributed by atoms with Crippen LogP contribution in [0.25, 0.3) is 22.2 Å². The largest absolute Gasteiger partial charge is 0.494 e. The van der Waals surface area contributed by atoms with Crippen LogP contribution >= 0.6 is 0 Å². The number of aryl methyl sites for hydroxylation is 1. The maximum atomic E-state index is 11.3. The molecular weight excluding hydrogens is 364 g/mol. The smallest absolute Gasteiger partial charge is 0.354 e. The Morgan fingerprint density at radius 1 is 1.10 bits per heavy atom. The molecule has 2 N–H and O–H groups in total. The number of benzene rings is 2. The van der Waals surface area contributed by atoms with Crippen LogP contribution in [-0.2, 0) is 6.42 Å². The molecule has 0 aliphatic heterocycles. The van der Waals surface area contributed by atoms with E-state index in [0.29, 0.717) is 13.0 Å². The SMILES string of the molecule is CCOc1cc2[nH]c(-c3ccccc3)c(Cc3cccc(C(=O)O)n3)c2cc1C. The average Bonchev–Trinajstić information content (AvgIpc) is 3.06. The number of fused-ring (bicyclic) bond motifs is 1. The fraction of sp³-hybridized carbons (Fsp3) is 0.167. The molecule has 2 heterocycles. The molecule has 0 fully saturated rings. The number of carboxylic acid groups (broad SMARTS) is 1. The van der Waals surface area contributed by atoms with Crippen molar-refractivity contribution in [3.63, 3.8) is 0 Å². The molecule has 0 aliphatic rings. The summed E-state index contributed by atoms with van der Waals surface area (Å²) in [7, 11) is 0. The van der Waals surface area contributed by atoms with E-state index in [0.717, 1.165) is 44.7 Å². The predicted molar refractivity (Wildman–Crippen MR) is 114 cm³/mol. The molecule has 2 aromatic carbocycles.